The van der Waals surface area contributed by atoms with Crippen molar-refractivity contribution in [1.82, 2.24) is 5.01 Å². The van der Waals surface area contributed by atoms with Crippen LogP contribution in [0.3, 0.4) is 0 Å². The van der Waals surface area contributed by atoms with Crippen molar-refractivity contribution in [2.75, 3.05) is 27.4 Å². The zero-order valence-corrected chi connectivity index (χ0v) is 22.6. The fourth-order valence-electron chi connectivity index (χ4n) is 3.40. The number of nitrogens with zero attached hydrogens (tertiary/aromatic N) is 3. The third-order valence-electron chi connectivity index (χ3n) is 5.18. The normalized spacial score (nSPS) is 16.2. The minimum absolute atomic E-state index is 0.0166. The van der Waals surface area contributed by atoms with Crippen LogP contribution in [0.4, 0.5) is 0 Å². The first-order chi connectivity index (χ1) is 17.3. The molecule has 0 saturated heterocycles. The van der Waals surface area contributed by atoms with Crippen LogP contribution in [0.25, 0.3) is 6.08 Å². The summed E-state index contributed by atoms with van der Waals surface area (Å²) in [7, 11) is 3.12. The number of halogens is 1. The molecule has 0 aromatic heterocycles. The minimum atomic E-state index is -0.483. The van der Waals surface area contributed by atoms with Gasteiger partial charge in [-0.3, -0.25) is 10.2 Å². The van der Waals surface area contributed by atoms with E-state index in [-0.39, 0.29) is 23.9 Å². The number of amides is 1. The number of ether oxygens (including phenoxy) is 4. The van der Waals surface area contributed by atoms with Crippen molar-refractivity contribution in [2.45, 2.75) is 13.8 Å². The molecule has 1 N–H and O–H groups in total. The number of nitrogens with one attached hydrogen (secondary N) is 1. The molecule has 0 bridgehead atoms. The van der Waals surface area contributed by atoms with Crippen LogP contribution in [0.2, 0.25) is 0 Å². The summed E-state index contributed by atoms with van der Waals surface area (Å²) in [5.74, 6) is 1.90. The van der Waals surface area contributed by atoms with Crippen LogP contribution in [0, 0.1) is 11.3 Å². The van der Waals surface area contributed by atoms with E-state index in [1.54, 1.807) is 25.3 Å². The first kappa shape index (κ1) is 25.8. The van der Waals surface area contributed by atoms with Crippen LogP contribution in [-0.2, 0) is 4.79 Å². The summed E-state index contributed by atoms with van der Waals surface area (Å²) in [4.78, 5) is 16.8. The molecule has 2 aromatic rings. The molecule has 0 fully saturated rings. The highest BCUT2D eigenvalue weighted by Gasteiger charge is 2.36. The summed E-state index contributed by atoms with van der Waals surface area (Å²) in [6, 6.07) is 10.9. The van der Waals surface area contributed by atoms with Gasteiger partial charge < -0.3 is 18.9 Å². The SMILES string of the molecule is COc1ccccc1OCCOc1c(Br)cc(/C=C2\C(=N)N3N=C(C(C)C)SC3=NC2=O)cc1OC. The van der Waals surface area contributed by atoms with Gasteiger partial charge in [-0.2, -0.15) is 15.1 Å². The minimum Gasteiger partial charge on any atom is -0.493 e. The zero-order valence-electron chi connectivity index (χ0n) is 20.2. The van der Waals surface area contributed by atoms with Gasteiger partial charge in [0, 0.05) is 5.92 Å². The number of fused-ring (bicyclic) bond motifs is 1. The topological polar surface area (TPSA) is 106 Å². The molecule has 2 heterocycles. The van der Waals surface area contributed by atoms with Gasteiger partial charge in [0.05, 0.1) is 24.3 Å². The maximum Gasteiger partial charge on any atom is 0.283 e. The predicted octanol–water partition coefficient (Wildman–Crippen LogP) is 5.20. The Balaban J connectivity index is 1.49. The summed E-state index contributed by atoms with van der Waals surface area (Å²) in [6.07, 6.45) is 1.60. The lowest BCUT2D eigenvalue weighted by Gasteiger charge is -2.20. The largest absolute Gasteiger partial charge is 0.493 e. The Labute approximate surface area is 221 Å². The molecule has 0 atom stereocenters. The highest BCUT2D eigenvalue weighted by atomic mass is 79.9. The van der Waals surface area contributed by atoms with Crippen molar-refractivity contribution in [3.63, 3.8) is 0 Å². The van der Waals surface area contributed by atoms with E-state index in [0.29, 0.717) is 44.8 Å². The molecule has 9 nitrogen and oxygen atoms in total. The van der Waals surface area contributed by atoms with Gasteiger partial charge in [-0.1, -0.05) is 26.0 Å². The monoisotopic (exact) mass is 572 g/mol. The third-order valence-corrected chi connectivity index (χ3v) is 6.98. The second-order valence-corrected chi connectivity index (χ2v) is 9.84. The summed E-state index contributed by atoms with van der Waals surface area (Å²) in [5.41, 5.74) is 0.781. The molecular formula is C25H25BrN4O5S. The van der Waals surface area contributed by atoms with Crippen LogP contribution in [0.5, 0.6) is 23.0 Å². The van der Waals surface area contributed by atoms with Crippen LogP contribution in [0.15, 0.2) is 56.5 Å². The summed E-state index contributed by atoms with van der Waals surface area (Å²) in [5, 5.41) is 15.6. The van der Waals surface area contributed by atoms with Crippen molar-refractivity contribution in [3.8, 4) is 23.0 Å². The lowest BCUT2D eigenvalue weighted by atomic mass is 10.1. The molecule has 0 aliphatic carbocycles. The van der Waals surface area contributed by atoms with Crippen molar-refractivity contribution < 1.29 is 23.7 Å². The zero-order chi connectivity index (χ0) is 25.8. The van der Waals surface area contributed by atoms with Crippen molar-refractivity contribution in [3.05, 3.63) is 52.0 Å². The smallest absolute Gasteiger partial charge is 0.283 e. The molecule has 2 aliphatic rings. The van der Waals surface area contributed by atoms with Gasteiger partial charge in [0.1, 0.15) is 18.3 Å². The Morgan fingerprint density at radius 2 is 1.78 bits per heavy atom. The Morgan fingerprint density at radius 3 is 2.47 bits per heavy atom. The van der Waals surface area contributed by atoms with Crippen LogP contribution < -0.4 is 18.9 Å². The number of carbonyl (C=O) groups is 1. The standard InChI is InChI=1S/C25H25BrN4O5S/c1-14(2)24-29-30-22(27)16(23(31)28-25(30)36-24)11-15-12-17(26)21(20(13-15)33-4)35-10-9-34-19-8-6-5-7-18(19)32-3/h5-8,11-14,27H,9-10H2,1-4H3/b16-11+,27-22?. The van der Waals surface area contributed by atoms with E-state index < -0.39 is 5.91 Å². The van der Waals surface area contributed by atoms with E-state index in [1.165, 1.54) is 23.9 Å². The molecule has 188 valence electrons. The number of aliphatic imine (C=N–C) groups is 1. The maximum absolute atomic E-state index is 12.7. The van der Waals surface area contributed by atoms with E-state index in [2.05, 4.69) is 26.0 Å². The second-order valence-electron chi connectivity index (χ2n) is 7.99. The van der Waals surface area contributed by atoms with Gasteiger partial charge in [-0.15, -0.1) is 0 Å². The van der Waals surface area contributed by atoms with Gasteiger partial charge in [0.25, 0.3) is 5.91 Å². The summed E-state index contributed by atoms with van der Waals surface area (Å²) in [6.45, 7) is 4.56. The Hall–Kier alpha value is -3.31. The van der Waals surface area contributed by atoms with Crippen LogP contribution in [-0.4, -0.2) is 54.4 Å². The first-order valence-electron chi connectivity index (χ1n) is 11.1. The van der Waals surface area contributed by atoms with Gasteiger partial charge in [0.2, 0.25) is 5.17 Å². The molecule has 0 spiro atoms. The van der Waals surface area contributed by atoms with Gasteiger partial charge in [0.15, 0.2) is 28.8 Å². The Kier molecular flexibility index (Phi) is 8.00. The molecular weight excluding hydrogens is 548 g/mol. The molecule has 4 rings (SSSR count). The molecule has 2 aromatic carbocycles. The van der Waals surface area contributed by atoms with E-state index >= 15 is 0 Å². The molecule has 0 unspecified atom stereocenters. The van der Waals surface area contributed by atoms with E-state index in [9.17, 15) is 4.79 Å². The quantitative estimate of drug-likeness (QED) is 0.325. The number of hydrazone groups is 1. The lowest BCUT2D eigenvalue weighted by molar-refractivity contribution is -0.114. The van der Waals surface area contributed by atoms with E-state index in [0.717, 1.165) is 5.04 Å². The fraction of sp³-hybridized carbons (Fsp3) is 0.280. The number of hydrogen-bond acceptors (Lipinski definition) is 8. The molecule has 1 amide bonds. The van der Waals surface area contributed by atoms with Crippen molar-refractivity contribution in [2.24, 2.45) is 16.0 Å². The third kappa shape index (κ3) is 5.41. The van der Waals surface area contributed by atoms with Crippen LogP contribution >= 0.6 is 27.7 Å². The van der Waals surface area contributed by atoms with Crippen molar-refractivity contribution >= 4 is 55.7 Å². The number of methoxy groups -OCH3 is 2. The number of amidine groups is 2. The fourth-order valence-corrected chi connectivity index (χ4v) is 4.87. The van der Waals surface area contributed by atoms with E-state index in [4.69, 9.17) is 24.4 Å². The highest BCUT2D eigenvalue weighted by molar-refractivity contribution is 9.10. The van der Waals surface area contributed by atoms with Gasteiger partial charge in [-0.05, 0) is 63.6 Å². The van der Waals surface area contributed by atoms with Gasteiger partial charge in [-0.25, -0.2) is 0 Å². The summed E-state index contributed by atoms with van der Waals surface area (Å²) < 4.78 is 23.1. The lowest BCUT2D eigenvalue weighted by Crippen LogP contribution is -2.35. The summed E-state index contributed by atoms with van der Waals surface area (Å²) >= 11 is 4.84. The predicted molar refractivity (Wildman–Crippen MR) is 145 cm³/mol. The molecule has 0 radical (unpaired) electrons. The number of hydrogen-bond donors (Lipinski definition) is 1. The number of thioether (sulfide) groups is 1. The van der Waals surface area contributed by atoms with Crippen molar-refractivity contribution in [1.29, 1.82) is 5.41 Å². The molecule has 2 aliphatic heterocycles. The second kappa shape index (κ2) is 11.2. The maximum atomic E-state index is 12.7. The molecule has 11 heteroatoms. The highest BCUT2D eigenvalue weighted by Crippen LogP contribution is 2.38. The van der Waals surface area contributed by atoms with E-state index in [1.807, 2.05) is 38.1 Å². The number of rotatable bonds is 9. The Morgan fingerprint density at radius 1 is 1.08 bits per heavy atom. The Bertz CT molecular complexity index is 1290. The average molecular weight is 573 g/mol. The van der Waals surface area contributed by atoms with Crippen LogP contribution in [0.1, 0.15) is 19.4 Å². The number of benzene rings is 2. The average Bonchev–Trinajstić information content (AvgIpc) is 3.30. The number of carbonyl (C=O) groups excluding carboxylic acids is 1. The molecule has 0 saturated carbocycles. The molecule has 36 heavy (non-hydrogen) atoms. The number of para-hydroxylation sites is 2. The van der Waals surface area contributed by atoms with Gasteiger partial charge >= 0.3 is 0 Å². The first-order valence-corrected chi connectivity index (χ1v) is 12.7.